The summed E-state index contributed by atoms with van der Waals surface area (Å²) >= 11 is 0. The fraction of sp³-hybridized carbons (Fsp3) is 0.333. The molecule has 3 aromatic rings. The molecule has 1 saturated heterocycles. The van der Waals surface area contributed by atoms with Gasteiger partial charge in [-0.25, -0.2) is 0 Å². The molecule has 2 fully saturated rings. The maximum atomic E-state index is 11.7. The van der Waals surface area contributed by atoms with E-state index in [0.29, 0.717) is 35.5 Å². The number of hydrogen-bond acceptors (Lipinski definition) is 4. The molecule has 3 unspecified atom stereocenters. The molecule has 0 amide bonds. The van der Waals surface area contributed by atoms with Gasteiger partial charge in [0, 0.05) is 32.2 Å². The molecule has 31 heavy (non-hydrogen) atoms. The molecule has 0 bridgehead atoms. The third-order valence-corrected chi connectivity index (χ3v) is 6.98. The summed E-state index contributed by atoms with van der Waals surface area (Å²) in [5.74, 6) is 1.27. The highest BCUT2D eigenvalue weighted by Gasteiger charge is 2.55. The van der Waals surface area contributed by atoms with E-state index in [0.717, 1.165) is 19.6 Å². The van der Waals surface area contributed by atoms with E-state index >= 15 is 0 Å². The summed E-state index contributed by atoms with van der Waals surface area (Å²) < 4.78 is 0. The molecule has 1 aliphatic heterocycles. The molecule has 3 atom stereocenters. The van der Waals surface area contributed by atoms with Crippen molar-refractivity contribution in [2.24, 2.45) is 11.8 Å². The number of hydrogen-bond donors (Lipinski definition) is 3. The Bertz CT molecular complexity index is 928. The van der Waals surface area contributed by atoms with Crippen LogP contribution >= 0.6 is 0 Å². The highest BCUT2D eigenvalue weighted by atomic mass is 16.3. The predicted molar refractivity (Wildman–Crippen MR) is 122 cm³/mol. The summed E-state index contributed by atoms with van der Waals surface area (Å²) in [6.45, 7) is 3.55. The molecular formula is C27H30N2O2. The Morgan fingerprint density at radius 2 is 1.29 bits per heavy atom. The van der Waals surface area contributed by atoms with Crippen LogP contribution in [0.5, 0.6) is 0 Å². The number of rotatable bonds is 8. The number of benzene rings is 3. The Balaban J connectivity index is 1.21. The molecule has 5 rings (SSSR count). The first-order chi connectivity index (χ1) is 15.2. The van der Waals surface area contributed by atoms with Crippen molar-refractivity contribution in [1.82, 2.24) is 10.2 Å². The Kier molecular flexibility index (Phi) is 5.63. The SMILES string of the molecule is OC(CNC1C2CN(Cc3ccccc3)CC21)C(O)(c1ccccc1)c1ccccc1. The molecule has 1 heterocycles. The van der Waals surface area contributed by atoms with E-state index in [2.05, 4.69) is 40.5 Å². The Labute approximate surface area is 184 Å². The summed E-state index contributed by atoms with van der Waals surface area (Å²) in [5.41, 5.74) is 1.33. The molecule has 160 valence electrons. The third kappa shape index (κ3) is 4.04. The van der Waals surface area contributed by atoms with Crippen LogP contribution in [-0.4, -0.2) is 46.9 Å². The van der Waals surface area contributed by atoms with Crippen molar-refractivity contribution in [3.05, 3.63) is 108 Å². The zero-order valence-electron chi connectivity index (χ0n) is 17.6. The minimum atomic E-state index is -1.45. The zero-order valence-corrected chi connectivity index (χ0v) is 17.6. The van der Waals surface area contributed by atoms with Gasteiger partial charge < -0.3 is 15.5 Å². The average molecular weight is 415 g/mol. The lowest BCUT2D eigenvalue weighted by molar-refractivity contribution is -0.0486. The van der Waals surface area contributed by atoms with Gasteiger partial charge in [0.25, 0.3) is 0 Å². The van der Waals surface area contributed by atoms with Gasteiger partial charge in [0.15, 0.2) is 0 Å². The van der Waals surface area contributed by atoms with Crippen molar-refractivity contribution in [1.29, 1.82) is 0 Å². The molecular weight excluding hydrogens is 384 g/mol. The number of likely N-dealkylation sites (tertiary alicyclic amines) is 1. The molecule has 3 N–H and O–H groups in total. The van der Waals surface area contributed by atoms with Crippen LogP contribution < -0.4 is 5.32 Å². The number of aliphatic hydroxyl groups is 2. The van der Waals surface area contributed by atoms with E-state index in [1.165, 1.54) is 5.56 Å². The standard InChI is InChI=1S/C27H30N2O2/c30-25(27(31,21-12-6-2-7-13-21)22-14-8-3-9-15-22)16-28-26-23-18-29(19-24(23)26)17-20-10-4-1-5-11-20/h1-15,23-26,28,30-31H,16-19H2. The van der Waals surface area contributed by atoms with Crippen LogP contribution in [0, 0.1) is 11.8 Å². The fourth-order valence-electron chi connectivity index (χ4n) is 5.22. The van der Waals surface area contributed by atoms with Gasteiger partial charge in [-0.15, -0.1) is 0 Å². The molecule has 2 aliphatic rings. The van der Waals surface area contributed by atoms with Crippen LogP contribution in [0.15, 0.2) is 91.0 Å². The average Bonchev–Trinajstić information content (AvgIpc) is 3.29. The normalized spacial score (nSPS) is 24.0. The van der Waals surface area contributed by atoms with E-state index in [1.54, 1.807) is 0 Å². The van der Waals surface area contributed by atoms with Gasteiger partial charge in [0.1, 0.15) is 11.7 Å². The highest BCUT2D eigenvalue weighted by molar-refractivity contribution is 5.37. The van der Waals surface area contributed by atoms with E-state index in [1.807, 2.05) is 60.7 Å². The molecule has 3 aromatic carbocycles. The Morgan fingerprint density at radius 1 is 0.806 bits per heavy atom. The van der Waals surface area contributed by atoms with Crippen molar-refractivity contribution in [3.63, 3.8) is 0 Å². The second kappa shape index (κ2) is 8.56. The molecule has 0 radical (unpaired) electrons. The first-order valence-corrected chi connectivity index (χ1v) is 11.2. The molecule has 0 spiro atoms. The van der Waals surface area contributed by atoms with Crippen molar-refractivity contribution in [3.8, 4) is 0 Å². The van der Waals surface area contributed by atoms with Crippen LogP contribution in [0.2, 0.25) is 0 Å². The summed E-state index contributed by atoms with van der Waals surface area (Å²) in [7, 11) is 0. The van der Waals surface area contributed by atoms with Crippen molar-refractivity contribution in [2.45, 2.75) is 24.3 Å². The van der Waals surface area contributed by atoms with E-state index in [-0.39, 0.29) is 0 Å². The minimum absolute atomic E-state index is 0.358. The van der Waals surface area contributed by atoms with Gasteiger partial charge in [-0.05, 0) is 28.5 Å². The molecule has 4 heteroatoms. The van der Waals surface area contributed by atoms with Crippen LogP contribution in [0.1, 0.15) is 16.7 Å². The highest BCUT2D eigenvalue weighted by Crippen LogP contribution is 2.46. The first-order valence-electron chi connectivity index (χ1n) is 11.2. The largest absolute Gasteiger partial charge is 0.388 e. The predicted octanol–water partition coefficient (Wildman–Crippen LogP) is 3.00. The lowest BCUT2D eigenvalue weighted by Gasteiger charge is -2.34. The van der Waals surface area contributed by atoms with E-state index < -0.39 is 11.7 Å². The molecule has 1 aliphatic carbocycles. The second-order valence-electron chi connectivity index (χ2n) is 8.96. The summed E-state index contributed by atoms with van der Waals surface area (Å²) in [5, 5.41) is 26.4. The smallest absolute Gasteiger partial charge is 0.142 e. The van der Waals surface area contributed by atoms with Crippen LogP contribution in [-0.2, 0) is 12.1 Å². The maximum absolute atomic E-state index is 11.7. The minimum Gasteiger partial charge on any atom is -0.388 e. The Morgan fingerprint density at radius 3 is 1.81 bits per heavy atom. The van der Waals surface area contributed by atoms with Gasteiger partial charge in [-0.3, -0.25) is 4.90 Å². The topological polar surface area (TPSA) is 55.7 Å². The summed E-state index contributed by atoms with van der Waals surface area (Å²) in [6.07, 6.45) is -0.945. The third-order valence-electron chi connectivity index (χ3n) is 6.98. The quantitative estimate of drug-likeness (QED) is 0.530. The fourth-order valence-corrected chi connectivity index (χ4v) is 5.22. The summed E-state index contributed by atoms with van der Waals surface area (Å²) in [6, 6.07) is 30.0. The zero-order chi connectivity index (χ0) is 21.3. The van der Waals surface area contributed by atoms with Gasteiger partial charge in [0.05, 0.1) is 0 Å². The monoisotopic (exact) mass is 414 g/mol. The molecule has 4 nitrogen and oxygen atoms in total. The van der Waals surface area contributed by atoms with E-state index in [4.69, 9.17) is 0 Å². The van der Waals surface area contributed by atoms with Gasteiger partial charge in [-0.1, -0.05) is 91.0 Å². The van der Waals surface area contributed by atoms with E-state index in [9.17, 15) is 10.2 Å². The Hall–Kier alpha value is -2.50. The number of nitrogens with zero attached hydrogens (tertiary/aromatic N) is 1. The van der Waals surface area contributed by atoms with Crippen LogP contribution in [0.3, 0.4) is 0 Å². The number of piperidine rings is 1. The molecule has 0 aromatic heterocycles. The van der Waals surface area contributed by atoms with Crippen molar-refractivity contribution < 1.29 is 10.2 Å². The van der Waals surface area contributed by atoms with Crippen LogP contribution in [0.4, 0.5) is 0 Å². The van der Waals surface area contributed by atoms with Crippen molar-refractivity contribution >= 4 is 0 Å². The summed E-state index contributed by atoms with van der Waals surface area (Å²) in [4.78, 5) is 2.52. The van der Waals surface area contributed by atoms with Gasteiger partial charge >= 0.3 is 0 Å². The van der Waals surface area contributed by atoms with Gasteiger partial charge in [0.2, 0.25) is 0 Å². The number of nitrogens with one attached hydrogen (secondary N) is 1. The second-order valence-corrected chi connectivity index (χ2v) is 8.96. The van der Waals surface area contributed by atoms with Gasteiger partial charge in [-0.2, -0.15) is 0 Å². The lowest BCUT2D eigenvalue weighted by Crippen LogP contribution is -2.47. The first kappa shape index (κ1) is 20.4. The number of fused-ring (bicyclic) bond motifs is 1. The number of aliphatic hydroxyl groups excluding tert-OH is 1. The molecule has 1 saturated carbocycles. The van der Waals surface area contributed by atoms with Crippen molar-refractivity contribution in [2.75, 3.05) is 19.6 Å². The maximum Gasteiger partial charge on any atom is 0.142 e. The lowest BCUT2D eigenvalue weighted by atomic mass is 9.81. The van der Waals surface area contributed by atoms with Crippen LogP contribution in [0.25, 0.3) is 0 Å².